The third-order valence-electron chi connectivity index (χ3n) is 7.15. The van der Waals surface area contributed by atoms with Crippen molar-refractivity contribution in [3.8, 4) is 5.75 Å². The van der Waals surface area contributed by atoms with Crippen molar-refractivity contribution in [1.29, 1.82) is 0 Å². The first-order chi connectivity index (χ1) is 11.3. The molecule has 0 amide bonds. The van der Waals surface area contributed by atoms with Crippen molar-refractivity contribution < 1.29 is 14.0 Å². The van der Waals surface area contributed by atoms with Crippen LogP contribution in [0.3, 0.4) is 0 Å². The molecule has 0 unspecified atom stereocenters. The Balaban J connectivity index is 1.44. The molecule has 1 aromatic carbocycles. The molecule has 0 N–H and O–H groups in total. The zero-order chi connectivity index (χ0) is 17.1. The van der Waals surface area contributed by atoms with Crippen LogP contribution in [0, 0.1) is 17.3 Å². The van der Waals surface area contributed by atoms with Crippen molar-refractivity contribution in [3.63, 3.8) is 0 Å². The summed E-state index contributed by atoms with van der Waals surface area (Å²) in [7, 11) is 1.62. The highest BCUT2D eigenvalue weighted by Crippen LogP contribution is 2.66. The molecule has 5 atom stereocenters. The fourth-order valence-corrected chi connectivity index (χ4v) is 5.37. The van der Waals surface area contributed by atoms with Gasteiger partial charge in [0.15, 0.2) is 0 Å². The summed E-state index contributed by atoms with van der Waals surface area (Å²) < 4.78 is 18.2. The molecule has 1 saturated heterocycles. The number of rotatable bonds is 4. The molecule has 0 radical (unpaired) electrons. The highest BCUT2D eigenvalue weighted by molar-refractivity contribution is 6.47. The number of benzene rings is 1. The van der Waals surface area contributed by atoms with Gasteiger partial charge in [-0.1, -0.05) is 32.9 Å². The van der Waals surface area contributed by atoms with Gasteiger partial charge in [-0.05, 0) is 67.0 Å². The predicted molar refractivity (Wildman–Crippen MR) is 96.2 cm³/mol. The summed E-state index contributed by atoms with van der Waals surface area (Å²) in [5.74, 6) is 2.69. The maximum atomic E-state index is 6.57. The van der Waals surface area contributed by atoms with E-state index in [-0.39, 0.29) is 18.8 Å². The van der Waals surface area contributed by atoms with Crippen LogP contribution in [0.4, 0.5) is 0 Å². The highest BCUT2D eigenvalue weighted by atomic mass is 16.7. The summed E-state index contributed by atoms with van der Waals surface area (Å²) >= 11 is 0. The van der Waals surface area contributed by atoms with E-state index in [1.807, 2.05) is 12.1 Å². The van der Waals surface area contributed by atoms with Crippen molar-refractivity contribution in [2.75, 3.05) is 7.11 Å². The Labute approximate surface area is 146 Å². The van der Waals surface area contributed by atoms with Crippen LogP contribution in [-0.2, 0) is 15.7 Å². The fourth-order valence-electron chi connectivity index (χ4n) is 5.37. The third-order valence-corrected chi connectivity index (χ3v) is 7.15. The van der Waals surface area contributed by atoms with E-state index in [9.17, 15) is 0 Å². The Morgan fingerprint density at radius 1 is 1.21 bits per heavy atom. The highest BCUT2D eigenvalue weighted by Gasteiger charge is 2.68. The van der Waals surface area contributed by atoms with Gasteiger partial charge >= 0.3 is 7.12 Å². The number of hydrogen-bond acceptors (Lipinski definition) is 3. The second-order valence-electron chi connectivity index (χ2n) is 8.87. The van der Waals surface area contributed by atoms with Gasteiger partial charge in [0.1, 0.15) is 5.75 Å². The minimum Gasteiger partial charge on any atom is -0.497 e. The summed E-state index contributed by atoms with van der Waals surface area (Å²) in [4.78, 5) is 0. The van der Waals surface area contributed by atoms with Crippen LogP contribution in [0.5, 0.6) is 5.75 Å². The standard InChI is InChI=1S/C20H29BO3/c1-13(10-14-6-8-16(22-5)9-7-14)21-23-18-12-15-11-17(19(15,2)3)20(18,4)24-21/h6-9,13,15,17-18H,10-12H2,1-5H3/t13-,15-,17-,18+,20-/m0/s1. The summed E-state index contributed by atoms with van der Waals surface area (Å²) in [6, 6.07) is 8.33. The van der Waals surface area contributed by atoms with Crippen molar-refractivity contribution in [3.05, 3.63) is 29.8 Å². The van der Waals surface area contributed by atoms with E-state index in [1.165, 1.54) is 12.0 Å². The monoisotopic (exact) mass is 328 g/mol. The molecule has 130 valence electrons. The minimum absolute atomic E-state index is 0.0859. The van der Waals surface area contributed by atoms with Gasteiger partial charge < -0.3 is 14.0 Å². The lowest BCUT2D eigenvalue weighted by atomic mass is 9.43. The van der Waals surface area contributed by atoms with Crippen LogP contribution in [0.1, 0.15) is 46.1 Å². The minimum atomic E-state index is -0.100. The molecule has 3 nitrogen and oxygen atoms in total. The van der Waals surface area contributed by atoms with Gasteiger partial charge in [0.25, 0.3) is 0 Å². The fraction of sp³-hybridized carbons (Fsp3) is 0.700. The van der Waals surface area contributed by atoms with E-state index >= 15 is 0 Å². The lowest BCUT2D eigenvalue weighted by Crippen LogP contribution is -2.65. The largest absolute Gasteiger partial charge is 0.497 e. The Hall–Kier alpha value is -0.995. The van der Waals surface area contributed by atoms with Gasteiger partial charge in [-0.3, -0.25) is 0 Å². The van der Waals surface area contributed by atoms with E-state index < -0.39 is 0 Å². The molecule has 4 heteroatoms. The number of methoxy groups -OCH3 is 1. The molecule has 0 aromatic heterocycles. The molecular weight excluding hydrogens is 299 g/mol. The normalized spacial score (nSPS) is 37.5. The van der Waals surface area contributed by atoms with Crippen LogP contribution in [0.15, 0.2) is 24.3 Å². The molecule has 24 heavy (non-hydrogen) atoms. The molecule has 2 bridgehead atoms. The summed E-state index contributed by atoms with van der Waals surface area (Å²) in [6.45, 7) is 9.35. The van der Waals surface area contributed by atoms with Crippen molar-refractivity contribution in [1.82, 2.24) is 0 Å². The van der Waals surface area contributed by atoms with Gasteiger partial charge in [0, 0.05) is 0 Å². The Morgan fingerprint density at radius 2 is 1.92 bits per heavy atom. The SMILES string of the molecule is COc1ccc(C[C@H](C)B2O[C@@H]3C[C@@H]4C[C@@H](C4(C)C)[C@]3(C)O2)cc1. The lowest BCUT2D eigenvalue weighted by molar-refractivity contribution is -0.199. The van der Waals surface area contributed by atoms with Gasteiger partial charge in [0.2, 0.25) is 0 Å². The van der Waals surface area contributed by atoms with Gasteiger partial charge in [0.05, 0.1) is 18.8 Å². The van der Waals surface area contributed by atoms with Crippen LogP contribution < -0.4 is 4.74 Å². The van der Waals surface area contributed by atoms with Crippen LogP contribution >= 0.6 is 0 Å². The molecule has 1 heterocycles. The van der Waals surface area contributed by atoms with Crippen molar-refractivity contribution in [2.24, 2.45) is 17.3 Å². The molecule has 1 aliphatic heterocycles. The topological polar surface area (TPSA) is 27.7 Å². The first-order valence-electron chi connectivity index (χ1n) is 9.31. The summed E-state index contributed by atoms with van der Waals surface area (Å²) in [6.07, 6.45) is 3.71. The van der Waals surface area contributed by atoms with Crippen molar-refractivity contribution >= 4 is 7.12 Å². The Morgan fingerprint density at radius 3 is 2.54 bits per heavy atom. The zero-order valence-electron chi connectivity index (χ0n) is 15.5. The first-order valence-corrected chi connectivity index (χ1v) is 9.31. The molecule has 3 saturated carbocycles. The molecule has 4 aliphatic rings. The smallest absolute Gasteiger partial charge is 0.461 e. The average molecular weight is 328 g/mol. The molecule has 1 aromatic rings. The second-order valence-corrected chi connectivity index (χ2v) is 8.87. The van der Waals surface area contributed by atoms with Gasteiger partial charge in [-0.15, -0.1) is 0 Å². The Bertz CT molecular complexity index is 614. The molecule has 4 fully saturated rings. The third kappa shape index (κ3) is 2.33. The van der Waals surface area contributed by atoms with E-state index in [2.05, 4.69) is 39.8 Å². The quantitative estimate of drug-likeness (QED) is 0.769. The van der Waals surface area contributed by atoms with Crippen LogP contribution in [0.25, 0.3) is 0 Å². The first kappa shape index (κ1) is 16.5. The van der Waals surface area contributed by atoms with Gasteiger partial charge in [-0.25, -0.2) is 0 Å². The molecule has 3 aliphatic carbocycles. The Kier molecular flexibility index (Phi) is 3.78. The number of hydrogen-bond donors (Lipinski definition) is 0. The maximum absolute atomic E-state index is 6.57. The van der Waals surface area contributed by atoms with E-state index in [0.717, 1.165) is 24.5 Å². The van der Waals surface area contributed by atoms with E-state index in [0.29, 0.717) is 17.2 Å². The van der Waals surface area contributed by atoms with E-state index in [1.54, 1.807) is 7.11 Å². The summed E-state index contributed by atoms with van der Waals surface area (Å²) in [5, 5.41) is 0. The lowest BCUT2D eigenvalue weighted by Gasteiger charge is -2.64. The maximum Gasteiger partial charge on any atom is 0.461 e. The van der Waals surface area contributed by atoms with Crippen LogP contribution in [-0.4, -0.2) is 25.9 Å². The molecular formula is C20H29BO3. The second kappa shape index (κ2) is 5.50. The van der Waals surface area contributed by atoms with Crippen molar-refractivity contribution in [2.45, 2.75) is 64.5 Å². The number of ether oxygens (including phenoxy) is 1. The molecule has 5 rings (SSSR count). The predicted octanol–water partition coefficient (Wildman–Crippen LogP) is 4.36. The van der Waals surface area contributed by atoms with E-state index in [4.69, 9.17) is 14.0 Å². The average Bonchev–Trinajstić information content (AvgIpc) is 2.92. The summed E-state index contributed by atoms with van der Waals surface area (Å²) in [5.41, 5.74) is 1.61. The molecule has 0 spiro atoms. The zero-order valence-corrected chi connectivity index (χ0v) is 15.5. The van der Waals surface area contributed by atoms with Gasteiger partial charge in [-0.2, -0.15) is 0 Å². The van der Waals surface area contributed by atoms with Crippen LogP contribution in [0.2, 0.25) is 5.82 Å².